The summed E-state index contributed by atoms with van der Waals surface area (Å²) in [7, 11) is 0. The molecule has 3 nitrogen and oxygen atoms in total. The Balaban J connectivity index is 1.90. The van der Waals surface area contributed by atoms with Crippen molar-refractivity contribution in [2.75, 3.05) is 39.3 Å². The summed E-state index contributed by atoms with van der Waals surface area (Å²) in [5.74, 6) is -1.79. The average Bonchev–Trinajstić information content (AvgIpc) is 2.42. The second-order valence-electron chi connectivity index (χ2n) is 4.92. The van der Waals surface area contributed by atoms with E-state index in [1.807, 2.05) is 0 Å². The summed E-state index contributed by atoms with van der Waals surface area (Å²) in [5.41, 5.74) is 0.428. The number of hydrogen-bond acceptors (Lipinski definition) is 3. The van der Waals surface area contributed by atoms with Crippen LogP contribution in [-0.4, -0.2) is 54.2 Å². The van der Waals surface area contributed by atoms with Crippen LogP contribution in [0.5, 0.6) is 0 Å². The van der Waals surface area contributed by atoms with Gasteiger partial charge in [0.05, 0.1) is 6.10 Å². The number of benzene rings is 1. The molecule has 0 spiro atoms. The lowest BCUT2D eigenvalue weighted by Crippen LogP contribution is -2.47. The molecular weight excluding hydrogens is 250 g/mol. The number of nitrogens with zero attached hydrogens (tertiary/aromatic N) is 2. The summed E-state index contributed by atoms with van der Waals surface area (Å²) in [6.45, 7) is 7.40. The lowest BCUT2D eigenvalue weighted by molar-refractivity contribution is 0.0742. The summed E-state index contributed by atoms with van der Waals surface area (Å²) >= 11 is 0. The molecule has 0 radical (unpaired) electrons. The molecule has 0 aromatic heterocycles. The SMILES string of the molecule is CCN1CCN(CC(O)c2ccc(F)c(F)c2)CC1. The van der Waals surface area contributed by atoms with Gasteiger partial charge in [-0.1, -0.05) is 13.0 Å². The quantitative estimate of drug-likeness (QED) is 0.901. The highest BCUT2D eigenvalue weighted by Gasteiger charge is 2.19. The van der Waals surface area contributed by atoms with Crippen molar-refractivity contribution >= 4 is 0 Å². The maximum Gasteiger partial charge on any atom is 0.159 e. The van der Waals surface area contributed by atoms with E-state index >= 15 is 0 Å². The van der Waals surface area contributed by atoms with Crippen LogP contribution in [0, 0.1) is 11.6 Å². The summed E-state index contributed by atoms with van der Waals surface area (Å²) in [6, 6.07) is 3.57. The Hall–Kier alpha value is -1.04. The third-order valence-corrected chi connectivity index (χ3v) is 3.67. The molecule has 1 aliphatic heterocycles. The van der Waals surface area contributed by atoms with Crippen molar-refractivity contribution in [1.29, 1.82) is 0 Å². The van der Waals surface area contributed by atoms with Crippen LogP contribution in [0.4, 0.5) is 8.78 Å². The van der Waals surface area contributed by atoms with Crippen LogP contribution in [0.15, 0.2) is 18.2 Å². The number of rotatable bonds is 4. The molecule has 1 heterocycles. The van der Waals surface area contributed by atoms with Crippen LogP contribution in [-0.2, 0) is 0 Å². The maximum atomic E-state index is 13.1. The predicted molar refractivity (Wildman–Crippen MR) is 69.9 cm³/mol. The van der Waals surface area contributed by atoms with Gasteiger partial charge in [0.15, 0.2) is 11.6 Å². The van der Waals surface area contributed by atoms with Crippen LogP contribution in [0.1, 0.15) is 18.6 Å². The van der Waals surface area contributed by atoms with E-state index in [0.717, 1.165) is 44.9 Å². The Morgan fingerprint density at radius 2 is 1.74 bits per heavy atom. The molecule has 19 heavy (non-hydrogen) atoms. The molecule has 1 aromatic carbocycles. The number of piperazine rings is 1. The van der Waals surface area contributed by atoms with Crippen LogP contribution in [0.25, 0.3) is 0 Å². The summed E-state index contributed by atoms with van der Waals surface area (Å²) < 4.78 is 25.9. The van der Waals surface area contributed by atoms with Crippen LogP contribution >= 0.6 is 0 Å². The molecule has 0 bridgehead atoms. The molecule has 1 unspecified atom stereocenters. The van der Waals surface area contributed by atoms with Crippen molar-refractivity contribution < 1.29 is 13.9 Å². The van der Waals surface area contributed by atoms with E-state index in [-0.39, 0.29) is 0 Å². The van der Waals surface area contributed by atoms with E-state index in [0.29, 0.717) is 12.1 Å². The average molecular weight is 270 g/mol. The van der Waals surface area contributed by atoms with Crippen molar-refractivity contribution in [2.24, 2.45) is 0 Å². The zero-order chi connectivity index (χ0) is 13.8. The second kappa shape index (κ2) is 6.41. The number of halogens is 2. The first kappa shape index (κ1) is 14.4. The van der Waals surface area contributed by atoms with Gasteiger partial charge in [-0.25, -0.2) is 8.78 Å². The Kier molecular flexibility index (Phi) is 4.85. The second-order valence-corrected chi connectivity index (χ2v) is 4.92. The van der Waals surface area contributed by atoms with Gasteiger partial charge in [0.25, 0.3) is 0 Å². The Morgan fingerprint density at radius 1 is 1.11 bits per heavy atom. The van der Waals surface area contributed by atoms with Gasteiger partial charge in [-0.05, 0) is 24.2 Å². The molecule has 106 valence electrons. The van der Waals surface area contributed by atoms with E-state index in [1.165, 1.54) is 6.07 Å². The molecular formula is C14H20F2N2O. The molecule has 5 heteroatoms. The molecule has 1 atom stereocenters. The van der Waals surface area contributed by atoms with E-state index < -0.39 is 17.7 Å². The zero-order valence-corrected chi connectivity index (χ0v) is 11.1. The fraction of sp³-hybridized carbons (Fsp3) is 0.571. The monoisotopic (exact) mass is 270 g/mol. The first-order valence-corrected chi connectivity index (χ1v) is 6.68. The van der Waals surface area contributed by atoms with E-state index in [1.54, 1.807) is 0 Å². The van der Waals surface area contributed by atoms with Crippen LogP contribution in [0.2, 0.25) is 0 Å². The number of likely N-dealkylation sites (N-methyl/N-ethyl adjacent to an activating group) is 1. The molecule has 1 fully saturated rings. The smallest absolute Gasteiger partial charge is 0.159 e. The number of hydrogen-bond donors (Lipinski definition) is 1. The minimum atomic E-state index is -0.910. The Bertz CT molecular complexity index is 420. The highest BCUT2D eigenvalue weighted by atomic mass is 19.2. The standard InChI is InChI=1S/C14H20F2N2O/c1-2-17-5-7-18(8-6-17)10-14(19)11-3-4-12(15)13(16)9-11/h3-4,9,14,19H,2,5-8,10H2,1H3. The lowest BCUT2D eigenvalue weighted by Gasteiger charge is -2.35. The predicted octanol–water partition coefficient (Wildman–Crippen LogP) is 1.64. The van der Waals surface area contributed by atoms with Gasteiger partial charge in [0, 0.05) is 32.7 Å². The highest BCUT2D eigenvalue weighted by Crippen LogP contribution is 2.18. The van der Waals surface area contributed by atoms with E-state index in [4.69, 9.17) is 0 Å². The van der Waals surface area contributed by atoms with Gasteiger partial charge in [-0.3, -0.25) is 4.90 Å². The number of aliphatic hydroxyl groups excluding tert-OH is 1. The van der Waals surface area contributed by atoms with E-state index in [2.05, 4.69) is 16.7 Å². The van der Waals surface area contributed by atoms with Gasteiger partial charge in [-0.2, -0.15) is 0 Å². The summed E-state index contributed by atoms with van der Waals surface area (Å²) in [4.78, 5) is 4.50. The molecule has 0 aliphatic carbocycles. The first-order valence-electron chi connectivity index (χ1n) is 6.68. The van der Waals surface area contributed by atoms with Gasteiger partial charge in [-0.15, -0.1) is 0 Å². The summed E-state index contributed by atoms with van der Waals surface area (Å²) in [6.07, 6.45) is -0.775. The number of β-amino-alcohol motifs (C(OH)–C–C–N with tert-alkyl or cyclic N) is 1. The van der Waals surface area contributed by atoms with Crippen molar-refractivity contribution in [2.45, 2.75) is 13.0 Å². The van der Waals surface area contributed by atoms with Crippen molar-refractivity contribution in [3.8, 4) is 0 Å². The minimum Gasteiger partial charge on any atom is -0.387 e. The number of aliphatic hydroxyl groups is 1. The van der Waals surface area contributed by atoms with Crippen molar-refractivity contribution in [1.82, 2.24) is 9.80 Å². The van der Waals surface area contributed by atoms with Crippen molar-refractivity contribution in [3.63, 3.8) is 0 Å². The molecule has 1 saturated heterocycles. The fourth-order valence-electron chi connectivity index (χ4n) is 2.36. The minimum absolute atomic E-state index is 0.428. The van der Waals surface area contributed by atoms with Crippen molar-refractivity contribution in [3.05, 3.63) is 35.4 Å². The topological polar surface area (TPSA) is 26.7 Å². The zero-order valence-electron chi connectivity index (χ0n) is 11.1. The van der Waals surface area contributed by atoms with Gasteiger partial charge in [0.2, 0.25) is 0 Å². The normalized spacial score (nSPS) is 19.6. The van der Waals surface area contributed by atoms with Gasteiger partial charge in [0.1, 0.15) is 0 Å². The molecule has 0 saturated carbocycles. The van der Waals surface area contributed by atoms with Crippen LogP contribution < -0.4 is 0 Å². The molecule has 1 aliphatic rings. The van der Waals surface area contributed by atoms with Crippen LogP contribution in [0.3, 0.4) is 0 Å². The van der Waals surface area contributed by atoms with Gasteiger partial charge < -0.3 is 10.0 Å². The molecule has 1 N–H and O–H groups in total. The third kappa shape index (κ3) is 3.72. The Labute approximate surface area is 112 Å². The van der Waals surface area contributed by atoms with Gasteiger partial charge >= 0.3 is 0 Å². The first-order chi connectivity index (χ1) is 9.10. The third-order valence-electron chi connectivity index (χ3n) is 3.67. The molecule has 2 rings (SSSR count). The lowest BCUT2D eigenvalue weighted by atomic mass is 10.1. The van der Waals surface area contributed by atoms with E-state index in [9.17, 15) is 13.9 Å². The largest absolute Gasteiger partial charge is 0.387 e. The molecule has 0 amide bonds. The Morgan fingerprint density at radius 3 is 2.32 bits per heavy atom. The summed E-state index contributed by atoms with van der Waals surface area (Å²) in [5, 5.41) is 10.1. The highest BCUT2D eigenvalue weighted by molar-refractivity contribution is 5.20. The fourth-order valence-corrected chi connectivity index (χ4v) is 2.36. The molecule has 1 aromatic rings. The maximum absolute atomic E-state index is 13.1.